The first-order valence-corrected chi connectivity index (χ1v) is 8.40. The van der Waals surface area contributed by atoms with Gasteiger partial charge in [0.1, 0.15) is 23.6 Å². The van der Waals surface area contributed by atoms with Crippen molar-refractivity contribution in [1.29, 1.82) is 0 Å². The molecule has 10 heteroatoms. The molecule has 1 N–H and O–H groups in total. The number of amides is 1. The molecule has 0 saturated heterocycles. The molecule has 3 heterocycles. The molecule has 1 amide bonds. The first-order valence-electron chi connectivity index (χ1n) is 7.63. The van der Waals surface area contributed by atoms with Gasteiger partial charge in [0.05, 0.1) is 5.69 Å². The summed E-state index contributed by atoms with van der Waals surface area (Å²) < 4.78 is 20.0. The maximum Gasteiger partial charge on any atom is 0.270 e. The molecule has 3 aromatic rings. The van der Waals surface area contributed by atoms with Crippen LogP contribution in [0.4, 0.5) is 5.82 Å². The zero-order valence-corrected chi connectivity index (χ0v) is 14.4. The SMILES string of the molecule is Cc1nnsc1C(=O)Nc1cc(OCc2ccc3c(c2)OCO3)ncn1. The molecular formula is C16H13N5O4S. The number of aryl methyl sites for hydroxylation is 1. The van der Waals surface area contributed by atoms with Gasteiger partial charge >= 0.3 is 0 Å². The fourth-order valence-corrected chi connectivity index (χ4v) is 2.84. The van der Waals surface area contributed by atoms with E-state index < -0.39 is 0 Å². The number of carbonyl (C=O) groups is 1. The van der Waals surface area contributed by atoms with Crippen LogP contribution in [0.25, 0.3) is 0 Å². The Bertz CT molecular complexity index is 961. The van der Waals surface area contributed by atoms with Gasteiger partial charge in [-0.25, -0.2) is 9.97 Å². The van der Waals surface area contributed by atoms with Crippen molar-refractivity contribution in [3.05, 3.63) is 46.7 Å². The Labute approximate surface area is 152 Å². The molecule has 0 bridgehead atoms. The van der Waals surface area contributed by atoms with Crippen LogP contribution in [0.3, 0.4) is 0 Å². The van der Waals surface area contributed by atoms with Crippen molar-refractivity contribution in [3.63, 3.8) is 0 Å². The normalized spacial score (nSPS) is 12.0. The van der Waals surface area contributed by atoms with Gasteiger partial charge < -0.3 is 19.5 Å². The Hall–Kier alpha value is -3.27. The summed E-state index contributed by atoms with van der Waals surface area (Å²) in [5, 5.41) is 6.50. The highest BCUT2D eigenvalue weighted by molar-refractivity contribution is 7.08. The third kappa shape index (κ3) is 3.40. The van der Waals surface area contributed by atoms with Crippen LogP contribution in [0.2, 0.25) is 0 Å². The van der Waals surface area contributed by atoms with E-state index in [0.717, 1.165) is 17.1 Å². The van der Waals surface area contributed by atoms with E-state index in [9.17, 15) is 4.79 Å². The number of nitrogens with zero attached hydrogens (tertiary/aromatic N) is 4. The minimum Gasteiger partial charge on any atom is -0.473 e. The fourth-order valence-electron chi connectivity index (χ4n) is 2.29. The van der Waals surface area contributed by atoms with Crippen LogP contribution in [0.5, 0.6) is 17.4 Å². The molecule has 2 aromatic heterocycles. The summed E-state index contributed by atoms with van der Waals surface area (Å²) >= 11 is 1.03. The number of anilines is 1. The molecule has 9 nitrogen and oxygen atoms in total. The molecule has 0 atom stereocenters. The standard InChI is InChI=1S/C16H13N5O4S/c1-9-15(26-21-20-9)16(22)19-13-5-14(18-7-17-13)23-6-10-2-3-11-12(4-10)25-8-24-11/h2-5,7H,6,8H2,1H3,(H,17,18,19,22). The Balaban J connectivity index is 1.41. The lowest BCUT2D eigenvalue weighted by Gasteiger charge is -2.08. The van der Waals surface area contributed by atoms with Crippen molar-refractivity contribution in [2.75, 3.05) is 12.1 Å². The van der Waals surface area contributed by atoms with Crippen molar-refractivity contribution in [2.45, 2.75) is 13.5 Å². The van der Waals surface area contributed by atoms with Crippen molar-refractivity contribution in [2.24, 2.45) is 0 Å². The predicted molar refractivity (Wildman–Crippen MR) is 91.5 cm³/mol. The molecule has 1 aliphatic heterocycles. The van der Waals surface area contributed by atoms with Crippen molar-refractivity contribution in [1.82, 2.24) is 19.6 Å². The number of fused-ring (bicyclic) bond motifs is 1. The molecular weight excluding hydrogens is 358 g/mol. The van der Waals surface area contributed by atoms with Crippen LogP contribution < -0.4 is 19.5 Å². The summed E-state index contributed by atoms with van der Waals surface area (Å²) in [6.07, 6.45) is 1.32. The lowest BCUT2D eigenvalue weighted by Crippen LogP contribution is -2.13. The van der Waals surface area contributed by atoms with Gasteiger partial charge in [0.15, 0.2) is 11.5 Å². The topological polar surface area (TPSA) is 108 Å². The van der Waals surface area contributed by atoms with Crippen LogP contribution in [-0.2, 0) is 6.61 Å². The number of benzene rings is 1. The summed E-state index contributed by atoms with van der Waals surface area (Å²) in [6, 6.07) is 7.12. The van der Waals surface area contributed by atoms with Gasteiger partial charge in [0, 0.05) is 6.07 Å². The second kappa shape index (κ2) is 6.92. The number of ether oxygens (including phenoxy) is 3. The maximum absolute atomic E-state index is 12.2. The van der Waals surface area contributed by atoms with Gasteiger partial charge in [0.25, 0.3) is 5.91 Å². The van der Waals surface area contributed by atoms with Crippen molar-refractivity contribution < 1.29 is 19.0 Å². The number of rotatable bonds is 5. The van der Waals surface area contributed by atoms with Gasteiger partial charge in [-0.15, -0.1) is 5.10 Å². The maximum atomic E-state index is 12.2. The highest BCUT2D eigenvalue weighted by atomic mass is 32.1. The van der Waals surface area contributed by atoms with E-state index in [1.165, 1.54) is 6.33 Å². The van der Waals surface area contributed by atoms with E-state index in [2.05, 4.69) is 24.9 Å². The molecule has 0 unspecified atom stereocenters. The van der Waals surface area contributed by atoms with Gasteiger partial charge in [-0.1, -0.05) is 10.6 Å². The Kier molecular flexibility index (Phi) is 4.32. The van der Waals surface area contributed by atoms with Crippen LogP contribution in [0, 0.1) is 6.92 Å². The summed E-state index contributed by atoms with van der Waals surface area (Å²) in [5.41, 5.74) is 1.48. The van der Waals surface area contributed by atoms with E-state index in [1.54, 1.807) is 13.0 Å². The zero-order valence-electron chi connectivity index (χ0n) is 13.6. The summed E-state index contributed by atoms with van der Waals surface area (Å²) in [4.78, 5) is 20.7. The molecule has 0 radical (unpaired) electrons. The van der Waals surface area contributed by atoms with Crippen LogP contribution in [0.15, 0.2) is 30.6 Å². The fraction of sp³-hybridized carbons (Fsp3) is 0.188. The minimum absolute atomic E-state index is 0.226. The number of nitrogens with one attached hydrogen (secondary N) is 1. The Morgan fingerprint density at radius 1 is 1.27 bits per heavy atom. The second-order valence-electron chi connectivity index (χ2n) is 5.36. The quantitative estimate of drug-likeness (QED) is 0.727. The van der Waals surface area contributed by atoms with Crippen LogP contribution >= 0.6 is 11.5 Å². The summed E-state index contributed by atoms with van der Waals surface area (Å²) in [6.45, 7) is 2.24. The van der Waals surface area contributed by atoms with Crippen molar-refractivity contribution >= 4 is 23.3 Å². The number of hydrogen-bond donors (Lipinski definition) is 1. The third-order valence-corrected chi connectivity index (χ3v) is 4.39. The predicted octanol–water partition coefficient (Wildman–Crippen LogP) is 2.20. The number of aromatic nitrogens is 4. The van der Waals surface area contributed by atoms with Gasteiger partial charge in [-0.2, -0.15) is 0 Å². The third-order valence-electron chi connectivity index (χ3n) is 3.57. The average Bonchev–Trinajstić information content (AvgIpc) is 3.28. The van der Waals surface area contributed by atoms with Gasteiger partial charge in [-0.05, 0) is 36.2 Å². The van der Waals surface area contributed by atoms with E-state index in [4.69, 9.17) is 14.2 Å². The highest BCUT2D eigenvalue weighted by Crippen LogP contribution is 2.32. The monoisotopic (exact) mass is 371 g/mol. The Morgan fingerprint density at radius 2 is 2.15 bits per heavy atom. The molecule has 4 rings (SSSR count). The first kappa shape index (κ1) is 16.2. The van der Waals surface area contributed by atoms with E-state index in [1.807, 2.05) is 18.2 Å². The molecule has 1 aromatic carbocycles. The lowest BCUT2D eigenvalue weighted by atomic mass is 10.2. The van der Waals surface area contributed by atoms with Crippen molar-refractivity contribution in [3.8, 4) is 17.4 Å². The summed E-state index contributed by atoms with van der Waals surface area (Å²) in [7, 11) is 0. The zero-order chi connectivity index (χ0) is 17.9. The molecule has 0 spiro atoms. The highest BCUT2D eigenvalue weighted by Gasteiger charge is 2.15. The van der Waals surface area contributed by atoms with E-state index >= 15 is 0 Å². The average molecular weight is 371 g/mol. The largest absolute Gasteiger partial charge is 0.473 e. The smallest absolute Gasteiger partial charge is 0.270 e. The number of hydrogen-bond acceptors (Lipinski definition) is 9. The molecule has 0 aliphatic carbocycles. The lowest BCUT2D eigenvalue weighted by molar-refractivity contribution is 0.102. The second-order valence-corrected chi connectivity index (χ2v) is 6.11. The van der Waals surface area contributed by atoms with Gasteiger partial charge in [-0.3, -0.25) is 4.79 Å². The molecule has 0 saturated carbocycles. The van der Waals surface area contributed by atoms with E-state index in [0.29, 0.717) is 40.4 Å². The van der Waals surface area contributed by atoms with Crippen LogP contribution in [-0.4, -0.2) is 32.3 Å². The molecule has 26 heavy (non-hydrogen) atoms. The summed E-state index contributed by atoms with van der Waals surface area (Å²) in [5.74, 6) is 1.76. The molecule has 0 fully saturated rings. The number of carbonyl (C=O) groups excluding carboxylic acids is 1. The van der Waals surface area contributed by atoms with Crippen LogP contribution in [0.1, 0.15) is 20.9 Å². The minimum atomic E-state index is -0.321. The first-order chi connectivity index (χ1) is 12.7. The molecule has 1 aliphatic rings. The van der Waals surface area contributed by atoms with E-state index in [-0.39, 0.29) is 12.7 Å². The Morgan fingerprint density at radius 3 is 3.00 bits per heavy atom. The molecule has 132 valence electrons. The van der Waals surface area contributed by atoms with Gasteiger partial charge in [0.2, 0.25) is 12.7 Å².